The number of aromatic nitrogens is 2. The highest BCUT2D eigenvalue weighted by Gasteiger charge is 2.18. The Hall–Kier alpha value is -2.92. The summed E-state index contributed by atoms with van der Waals surface area (Å²) < 4.78 is 0. The van der Waals surface area contributed by atoms with Crippen LogP contribution in [-0.4, -0.2) is 34.3 Å². The molecule has 1 atom stereocenters. The minimum absolute atomic E-state index is 0.126. The first kappa shape index (κ1) is 22.8. The normalized spacial score (nSPS) is 15.6. The zero-order valence-corrected chi connectivity index (χ0v) is 18.9. The summed E-state index contributed by atoms with van der Waals surface area (Å²) in [6.07, 6.45) is 7.52. The zero-order chi connectivity index (χ0) is 22.2. The molecular weight excluding hydrogens is 408 g/mol. The highest BCUT2D eigenvalue weighted by atomic mass is 35.5. The van der Waals surface area contributed by atoms with Gasteiger partial charge >= 0.3 is 0 Å². The van der Waals surface area contributed by atoms with E-state index in [1.165, 1.54) is 11.1 Å². The molecule has 31 heavy (non-hydrogen) atoms. The van der Waals surface area contributed by atoms with E-state index in [9.17, 15) is 4.79 Å². The number of rotatable bonds is 5. The van der Waals surface area contributed by atoms with E-state index in [4.69, 9.17) is 11.6 Å². The number of halogens is 1. The number of fused-ring (bicyclic) bond motifs is 1. The van der Waals surface area contributed by atoms with Crippen LogP contribution in [0.3, 0.4) is 0 Å². The van der Waals surface area contributed by atoms with Crippen molar-refractivity contribution in [2.24, 2.45) is 0 Å². The first-order valence-electron chi connectivity index (χ1n) is 10.6. The molecule has 1 unspecified atom stereocenters. The van der Waals surface area contributed by atoms with E-state index >= 15 is 0 Å². The Balaban J connectivity index is 0.000000858. The second-order valence-electron chi connectivity index (χ2n) is 7.58. The summed E-state index contributed by atoms with van der Waals surface area (Å²) in [6, 6.07) is 10.9. The average molecular weight is 437 g/mol. The van der Waals surface area contributed by atoms with Gasteiger partial charge in [0.2, 0.25) is 5.91 Å². The van der Waals surface area contributed by atoms with Crippen molar-refractivity contribution in [2.75, 3.05) is 17.7 Å². The summed E-state index contributed by atoms with van der Waals surface area (Å²) in [5, 5.41) is 6.48. The number of carbonyl (C=O) groups is 1. The van der Waals surface area contributed by atoms with Crippen LogP contribution >= 0.6 is 11.6 Å². The fourth-order valence-electron chi connectivity index (χ4n) is 3.75. The van der Waals surface area contributed by atoms with E-state index in [0.717, 1.165) is 46.6 Å². The Morgan fingerprint density at radius 1 is 1.26 bits per heavy atom. The van der Waals surface area contributed by atoms with Crippen molar-refractivity contribution in [3.05, 3.63) is 71.6 Å². The van der Waals surface area contributed by atoms with Crippen LogP contribution in [-0.2, 0) is 11.2 Å². The Morgan fingerprint density at radius 3 is 2.71 bits per heavy atom. The molecule has 2 heterocycles. The van der Waals surface area contributed by atoms with Gasteiger partial charge in [0.1, 0.15) is 0 Å². The SMILES string of the molecule is C=Cc1ccc(Cc2cc(NC3CCC(=O)NC3)cc3nccnc23)cc1C.CCCl. The molecule has 0 spiro atoms. The second-order valence-corrected chi connectivity index (χ2v) is 8.12. The van der Waals surface area contributed by atoms with Crippen molar-refractivity contribution >= 4 is 40.3 Å². The predicted molar refractivity (Wildman–Crippen MR) is 130 cm³/mol. The molecule has 5 nitrogen and oxygen atoms in total. The second kappa shape index (κ2) is 10.9. The largest absolute Gasteiger partial charge is 0.380 e. The number of alkyl halides is 1. The number of aryl methyl sites for hydroxylation is 1. The molecular formula is C25H29ClN4O. The third kappa shape index (κ3) is 6.05. The van der Waals surface area contributed by atoms with Gasteiger partial charge in [0.15, 0.2) is 0 Å². The highest BCUT2D eigenvalue weighted by Crippen LogP contribution is 2.25. The monoisotopic (exact) mass is 436 g/mol. The lowest BCUT2D eigenvalue weighted by atomic mass is 9.98. The molecule has 1 fully saturated rings. The topological polar surface area (TPSA) is 66.9 Å². The minimum Gasteiger partial charge on any atom is -0.380 e. The smallest absolute Gasteiger partial charge is 0.220 e. The molecule has 162 valence electrons. The average Bonchev–Trinajstić information content (AvgIpc) is 2.76. The van der Waals surface area contributed by atoms with Crippen LogP contribution in [0.5, 0.6) is 0 Å². The van der Waals surface area contributed by atoms with Gasteiger partial charge in [-0.05, 0) is 54.2 Å². The molecule has 0 aliphatic carbocycles. The summed E-state index contributed by atoms with van der Waals surface area (Å²) in [5.41, 5.74) is 7.56. The van der Waals surface area contributed by atoms with Gasteiger partial charge in [-0.3, -0.25) is 14.8 Å². The number of hydrogen-bond acceptors (Lipinski definition) is 4. The molecule has 1 amide bonds. The number of hydrogen-bond donors (Lipinski definition) is 2. The third-order valence-electron chi connectivity index (χ3n) is 5.24. The number of nitrogens with one attached hydrogen (secondary N) is 2. The Bertz CT molecular complexity index is 1060. The summed E-state index contributed by atoms with van der Waals surface area (Å²) in [4.78, 5) is 20.5. The molecule has 4 rings (SSSR count). The lowest BCUT2D eigenvalue weighted by Crippen LogP contribution is -2.41. The molecule has 1 aliphatic heterocycles. The summed E-state index contributed by atoms with van der Waals surface area (Å²) in [7, 11) is 0. The Kier molecular flexibility index (Phi) is 8.01. The lowest BCUT2D eigenvalue weighted by Gasteiger charge is -2.25. The summed E-state index contributed by atoms with van der Waals surface area (Å²) in [5.74, 6) is 0.849. The van der Waals surface area contributed by atoms with Crippen molar-refractivity contribution < 1.29 is 4.79 Å². The lowest BCUT2D eigenvalue weighted by molar-refractivity contribution is -0.122. The Morgan fingerprint density at radius 2 is 2.03 bits per heavy atom. The van der Waals surface area contributed by atoms with Crippen LogP contribution < -0.4 is 10.6 Å². The molecule has 1 aromatic heterocycles. The van der Waals surface area contributed by atoms with Gasteiger partial charge in [-0.25, -0.2) is 0 Å². The van der Waals surface area contributed by atoms with Gasteiger partial charge in [-0.15, -0.1) is 11.6 Å². The number of carbonyl (C=O) groups excluding carboxylic acids is 1. The first-order chi connectivity index (χ1) is 15.0. The van der Waals surface area contributed by atoms with Crippen LogP contribution in [0.25, 0.3) is 17.1 Å². The van der Waals surface area contributed by atoms with E-state index in [0.29, 0.717) is 13.0 Å². The molecule has 0 radical (unpaired) electrons. The van der Waals surface area contributed by atoms with Crippen LogP contribution in [0.1, 0.15) is 42.0 Å². The molecule has 2 N–H and O–H groups in total. The van der Waals surface area contributed by atoms with Crippen molar-refractivity contribution in [1.29, 1.82) is 0 Å². The van der Waals surface area contributed by atoms with Crippen molar-refractivity contribution in [1.82, 2.24) is 15.3 Å². The fourth-order valence-corrected chi connectivity index (χ4v) is 3.75. The molecule has 1 aliphatic rings. The van der Waals surface area contributed by atoms with E-state index < -0.39 is 0 Å². The number of piperidine rings is 1. The summed E-state index contributed by atoms with van der Waals surface area (Å²) >= 11 is 5.00. The van der Waals surface area contributed by atoms with E-state index in [-0.39, 0.29) is 11.9 Å². The van der Waals surface area contributed by atoms with Gasteiger partial charge in [-0.2, -0.15) is 0 Å². The quantitative estimate of drug-likeness (QED) is 0.545. The molecule has 3 aromatic rings. The fraction of sp³-hybridized carbons (Fsp3) is 0.320. The van der Waals surface area contributed by atoms with Gasteiger partial charge in [0.05, 0.1) is 11.0 Å². The van der Waals surface area contributed by atoms with Gasteiger partial charge in [0, 0.05) is 43.0 Å². The van der Waals surface area contributed by atoms with Crippen LogP contribution in [0, 0.1) is 6.92 Å². The Labute approximate surface area is 188 Å². The predicted octanol–water partition coefficient (Wildman–Crippen LogP) is 5.11. The van der Waals surface area contributed by atoms with Crippen LogP contribution in [0.4, 0.5) is 5.69 Å². The van der Waals surface area contributed by atoms with Gasteiger partial charge < -0.3 is 10.6 Å². The molecule has 0 bridgehead atoms. The number of anilines is 1. The number of benzene rings is 2. The molecule has 2 aromatic carbocycles. The van der Waals surface area contributed by atoms with Crippen molar-refractivity contribution in [3.8, 4) is 0 Å². The third-order valence-corrected chi connectivity index (χ3v) is 5.24. The van der Waals surface area contributed by atoms with Gasteiger partial charge in [0.25, 0.3) is 0 Å². The van der Waals surface area contributed by atoms with Crippen molar-refractivity contribution in [3.63, 3.8) is 0 Å². The maximum absolute atomic E-state index is 11.4. The minimum atomic E-state index is 0.126. The van der Waals surface area contributed by atoms with Crippen LogP contribution in [0.15, 0.2) is 49.3 Å². The maximum Gasteiger partial charge on any atom is 0.220 e. The number of amides is 1. The highest BCUT2D eigenvalue weighted by molar-refractivity contribution is 6.17. The zero-order valence-electron chi connectivity index (χ0n) is 18.1. The number of nitrogens with zero attached hydrogens (tertiary/aromatic N) is 2. The standard InChI is InChI=1S/C23H24N4O.C2H5Cl/c1-3-17-5-4-16(10-15(17)2)11-18-12-20(13-21-23(18)25-9-8-24-21)27-19-6-7-22(28)26-14-19;1-2-3/h3-5,8-10,12-13,19,27H,1,6-7,11,14H2,2H3,(H,26,28);2H2,1H3. The van der Waals surface area contributed by atoms with Crippen LogP contribution in [0.2, 0.25) is 0 Å². The molecule has 6 heteroatoms. The van der Waals surface area contributed by atoms with E-state index in [2.05, 4.69) is 58.4 Å². The summed E-state index contributed by atoms with van der Waals surface area (Å²) in [6.45, 7) is 8.51. The first-order valence-corrected chi connectivity index (χ1v) is 11.1. The van der Waals surface area contributed by atoms with E-state index in [1.807, 2.05) is 19.1 Å². The molecule has 1 saturated heterocycles. The maximum atomic E-state index is 11.4. The van der Waals surface area contributed by atoms with Crippen molar-refractivity contribution in [2.45, 2.75) is 39.2 Å². The molecule has 0 saturated carbocycles. The van der Waals surface area contributed by atoms with Gasteiger partial charge in [-0.1, -0.05) is 37.8 Å². The van der Waals surface area contributed by atoms with E-state index in [1.54, 1.807) is 12.4 Å².